The molecule has 10 heteroatoms. The van der Waals surface area contributed by atoms with Gasteiger partial charge < -0.3 is 24.5 Å². The number of hydrogen-bond acceptors (Lipinski definition) is 6. The van der Waals surface area contributed by atoms with Gasteiger partial charge in [-0.2, -0.15) is 0 Å². The Morgan fingerprint density at radius 3 is 0.631 bits per heavy atom. The van der Waals surface area contributed by atoms with E-state index in [2.05, 4.69) is 324 Å². The Morgan fingerprint density at radius 1 is 0.184 bits per heavy atom. The summed E-state index contributed by atoms with van der Waals surface area (Å²) in [7, 11) is 0. The largest absolute Gasteiger partial charge is 0.310 e. The Bertz CT molecular complexity index is 5680. The predicted molar refractivity (Wildman–Crippen MR) is 443 cm³/mol. The summed E-state index contributed by atoms with van der Waals surface area (Å²) in [5.74, 6) is 0. The first-order chi connectivity index (χ1) is 50.4. The maximum atomic E-state index is 6.79. The maximum absolute atomic E-state index is 6.79. The molecule has 0 radical (unpaired) electrons. The quantitative estimate of drug-likeness (QED) is 0.0848. The van der Waals surface area contributed by atoms with E-state index in [1.807, 2.05) is 72.8 Å². The van der Waals surface area contributed by atoms with Gasteiger partial charge in [-0.15, -0.1) is 11.3 Å². The number of hydrogen-bond donors (Lipinski definition) is 0. The van der Waals surface area contributed by atoms with E-state index >= 15 is 0 Å². The molecule has 0 saturated carbocycles. The predicted octanol–water partition coefficient (Wildman–Crippen LogP) is 29.9. The number of fused-ring (bicyclic) bond motifs is 3. The van der Waals surface area contributed by atoms with E-state index in [0.29, 0.717) is 20.1 Å². The molecule has 0 fully saturated rings. The highest BCUT2D eigenvalue weighted by Crippen LogP contribution is 2.47. The third-order valence-corrected chi connectivity index (χ3v) is 20.9. The first-order valence-corrected chi connectivity index (χ1v) is 36.5. The second-order valence-electron chi connectivity index (χ2n) is 25.9. The molecule has 0 aliphatic carbocycles. The standard InChI is InChI=1S/C93H67Cl4N5S/c1-62-22-36-75(37-23-62)101(86-20-8-14-73(96)58-86)88-50-52-92-90(60-88)91-61-89(51-53-93(91)103-92)102(87-21-9-15-74(97)59-87)81-48-34-70(35-49-81)68-30-44-79(45-31-68)99(85-19-7-13-72(95)57-85)77-40-26-66(27-41-77)65-24-38-76(39-25-65)98(84-18-6-12-71(94)56-84)78-42-28-67(29-43-78)69-32-46-80(47-33-69)100(82-16-4-10-63(2)54-82)83-17-5-11-64(3)55-83/h4-61H,1-3H3. The Hall–Kier alpha value is -11.3. The lowest BCUT2D eigenvalue weighted by Crippen LogP contribution is -2.10. The summed E-state index contributed by atoms with van der Waals surface area (Å²) >= 11 is 28.7. The lowest BCUT2D eigenvalue weighted by atomic mass is 10.0. The van der Waals surface area contributed by atoms with E-state index in [9.17, 15) is 0 Å². The van der Waals surface area contributed by atoms with E-state index in [1.54, 1.807) is 11.3 Å². The second-order valence-corrected chi connectivity index (χ2v) is 28.7. The van der Waals surface area contributed by atoms with E-state index in [4.69, 9.17) is 46.4 Å². The first kappa shape index (κ1) is 66.2. The van der Waals surface area contributed by atoms with Crippen LogP contribution in [0, 0.1) is 20.8 Å². The molecule has 1 aromatic heterocycles. The summed E-state index contributed by atoms with van der Waals surface area (Å²) in [5, 5.41) is 5.01. The zero-order valence-corrected chi connectivity index (χ0v) is 60.5. The minimum atomic E-state index is 0.656. The molecule has 5 nitrogen and oxygen atoms in total. The van der Waals surface area contributed by atoms with Gasteiger partial charge in [0.25, 0.3) is 0 Å². The van der Waals surface area contributed by atoms with Crippen LogP contribution < -0.4 is 24.5 Å². The number of rotatable bonds is 18. The number of nitrogens with zero attached hydrogens (tertiary/aromatic N) is 5. The highest BCUT2D eigenvalue weighted by molar-refractivity contribution is 7.25. The van der Waals surface area contributed by atoms with Crippen LogP contribution in [0.1, 0.15) is 16.7 Å². The Labute approximate surface area is 625 Å². The molecule has 0 aliphatic rings. The van der Waals surface area contributed by atoms with Gasteiger partial charge >= 0.3 is 0 Å². The van der Waals surface area contributed by atoms with Gasteiger partial charge in [0.1, 0.15) is 0 Å². The molecule has 0 aliphatic heterocycles. The third kappa shape index (κ3) is 14.1. The van der Waals surface area contributed by atoms with Crippen LogP contribution in [-0.2, 0) is 0 Å². The van der Waals surface area contributed by atoms with Gasteiger partial charge in [0.05, 0.1) is 0 Å². The van der Waals surface area contributed by atoms with Crippen LogP contribution in [-0.4, -0.2) is 0 Å². The van der Waals surface area contributed by atoms with Crippen molar-refractivity contribution < 1.29 is 0 Å². The van der Waals surface area contributed by atoms with Crippen molar-refractivity contribution in [1.82, 2.24) is 0 Å². The number of thiophene rings is 1. The molecule has 0 saturated heterocycles. The zero-order valence-electron chi connectivity index (χ0n) is 56.6. The first-order valence-electron chi connectivity index (χ1n) is 34.2. The van der Waals surface area contributed by atoms with Crippen LogP contribution in [0.25, 0.3) is 53.6 Å². The fourth-order valence-electron chi connectivity index (χ4n) is 13.8. The molecule has 498 valence electrons. The molecule has 16 rings (SSSR count). The van der Waals surface area contributed by atoms with Gasteiger partial charge in [-0.05, 0) is 284 Å². The second kappa shape index (κ2) is 29.0. The molecule has 16 aromatic rings. The topological polar surface area (TPSA) is 16.2 Å². The van der Waals surface area contributed by atoms with Gasteiger partial charge in [0.15, 0.2) is 0 Å². The summed E-state index contributed by atoms with van der Waals surface area (Å²) in [4.78, 5) is 11.4. The molecular weight excluding hydrogens is 1360 g/mol. The number of halogens is 4. The molecule has 0 bridgehead atoms. The highest BCUT2D eigenvalue weighted by atomic mass is 35.5. The van der Waals surface area contributed by atoms with Gasteiger partial charge in [-0.1, -0.05) is 185 Å². The number of anilines is 15. The van der Waals surface area contributed by atoms with Crippen molar-refractivity contribution in [1.29, 1.82) is 0 Å². The lowest BCUT2D eigenvalue weighted by Gasteiger charge is -2.27. The van der Waals surface area contributed by atoms with Gasteiger partial charge in [-0.3, -0.25) is 0 Å². The van der Waals surface area contributed by atoms with Crippen LogP contribution in [0.2, 0.25) is 20.1 Å². The van der Waals surface area contributed by atoms with Crippen LogP contribution in [0.4, 0.5) is 85.3 Å². The van der Waals surface area contributed by atoms with Crippen molar-refractivity contribution in [2.24, 2.45) is 0 Å². The zero-order chi connectivity index (χ0) is 70.1. The van der Waals surface area contributed by atoms with Crippen molar-refractivity contribution in [3.63, 3.8) is 0 Å². The van der Waals surface area contributed by atoms with Crippen molar-refractivity contribution in [3.05, 3.63) is 389 Å². The van der Waals surface area contributed by atoms with Crippen LogP contribution in [0.3, 0.4) is 0 Å². The summed E-state index contributed by atoms with van der Waals surface area (Å²) in [6, 6.07) is 124. The molecule has 0 amide bonds. The van der Waals surface area contributed by atoms with E-state index in [0.717, 1.165) is 119 Å². The van der Waals surface area contributed by atoms with Gasteiger partial charge in [0, 0.05) is 126 Å². The van der Waals surface area contributed by atoms with Crippen LogP contribution >= 0.6 is 57.7 Å². The van der Waals surface area contributed by atoms with E-state index in [1.165, 1.54) is 36.9 Å². The average Bonchev–Trinajstić information content (AvgIpc) is 1.64. The molecule has 103 heavy (non-hydrogen) atoms. The van der Waals surface area contributed by atoms with Crippen molar-refractivity contribution >= 4 is 163 Å². The minimum absolute atomic E-state index is 0.656. The monoisotopic (exact) mass is 1430 g/mol. The summed E-state index contributed by atoms with van der Waals surface area (Å²) in [5.41, 5.74) is 25.5. The number of aryl methyl sites for hydroxylation is 3. The van der Waals surface area contributed by atoms with Crippen molar-refractivity contribution in [2.75, 3.05) is 24.5 Å². The minimum Gasteiger partial charge on any atom is -0.310 e. The van der Waals surface area contributed by atoms with E-state index in [-0.39, 0.29) is 0 Å². The molecule has 0 spiro atoms. The molecule has 15 aromatic carbocycles. The average molecular weight is 1430 g/mol. The fraction of sp³-hybridized carbons (Fsp3) is 0.0323. The molecule has 0 N–H and O–H groups in total. The molecular formula is C93H67Cl4N5S. The van der Waals surface area contributed by atoms with Gasteiger partial charge in [-0.25, -0.2) is 0 Å². The Morgan fingerprint density at radius 2 is 0.388 bits per heavy atom. The fourth-order valence-corrected chi connectivity index (χ4v) is 15.6. The van der Waals surface area contributed by atoms with Crippen LogP contribution in [0.15, 0.2) is 352 Å². The summed E-state index contributed by atoms with van der Waals surface area (Å²) in [6.45, 7) is 6.39. The smallest absolute Gasteiger partial charge is 0.0476 e. The van der Waals surface area contributed by atoms with Gasteiger partial charge in [0.2, 0.25) is 0 Å². The Balaban J connectivity index is 0.653. The number of benzene rings is 15. The molecule has 0 unspecified atom stereocenters. The molecule has 0 atom stereocenters. The third-order valence-electron chi connectivity index (χ3n) is 18.8. The Kier molecular flexibility index (Phi) is 18.6. The maximum Gasteiger partial charge on any atom is 0.0476 e. The normalized spacial score (nSPS) is 11.3. The summed E-state index contributed by atoms with van der Waals surface area (Å²) in [6.07, 6.45) is 0. The SMILES string of the molecule is Cc1ccc(N(c2cccc(Cl)c2)c2ccc3sc4ccc(N(c5ccc(-c6ccc(N(c7ccc(-c8ccc(N(c9ccc(-c%10ccc(N(c%11cccc(C)c%11)c%11cccc(C)c%11)cc%10)cc9)c9cccc(Cl)c9)cc8)cc7)c7cccc(Cl)c7)cc6)cc5)c5cccc(Cl)c5)cc4c3c2)cc1. The van der Waals surface area contributed by atoms with E-state index < -0.39 is 0 Å². The highest BCUT2D eigenvalue weighted by Gasteiger charge is 2.22. The van der Waals surface area contributed by atoms with Crippen molar-refractivity contribution in [2.45, 2.75) is 20.8 Å². The van der Waals surface area contributed by atoms with Crippen LogP contribution in [0.5, 0.6) is 0 Å². The lowest BCUT2D eigenvalue weighted by molar-refractivity contribution is 1.26. The molecule has 1 heterocycles. The summed E-state index contributed by atoms with van der Waals surface area (Å²) < 4.78 is 2.41. The van der Waals surface area contributed by atoms with Crippen molar-refractivity contribution in [3.8, 4) is 33.4 Å².